The van der Waals surface area contributed by atoms with Crippen LogP contribution in [0.2, 0.25) is 0 Å². The zero-order chi connectivity index (χ0) is 15.8. The number of nitrogens with one attached hydrogen (secondary N) is 2. The van der Waals surface area contributed by atoms with E-state index in [1.807, 2.05) is 18.2 Å². The van der Waals surface area contributed by atoms with E-state index in [-0.39, 0.29) is 17.5 Å². The number of anilines is 1. The Hall–Kier alpha value is -2.69. The predicted molar refractivity (Wildman–Crippen MR) is 85.9 cm³/mol. The minimum absolute atomic E-state index is 0.247. The van der Waals surface area contributed by atoms with Crippen molar-refractivity contribution in [1.29, 1.82) is 0 Å². The van der Waals surface area contributed by atoms with Gasteiger partial charge in [0, 0.05) is 24.0 Å². The molecule has 0 atom stereocenters. The van der Waals surface area contributed by atoms with Crippen LogP contribution in [0.15, 0.2) is 48.7 Å². The summed E-state index contributed by atoms with van der Waals surface area (Å²) < 4.78 is 0. The number of aromatic nitrogens is 1. The van der Waals surface area contributed by atoms with Crippen LogP contribution in [0.5, 0.6) is 0 Å². The first-order valence-corrected chi connectivity index (χ1v) is 7.31. The number of hydrogen-bond acceptors (Lipinski definition) is 3. The normalized spacial score (nSPS) is 10.0. The van der Waals surface area contributed by atoms with E-state index in [0.29, 0.717) is 17.8 Å². The van der Waals surface area contributed by atoms with Gasteiger partial charge in [-0.25, -0.2) is 0 Å². The Morgan fingerprint density at radius 1 is 1.09 bits per heavy atom. The zero-order valence-corrected chi connectivity index (χ0v) is 12.5. The quantitative estimate of drug-likeness (QED) is 0.805. The monoisotopic (exact) mass is 297 g/mol. The number of benzene rings is 1. The molecule has 1 heterocycles. The summed E-state index contributed by atoms with van der Waals surface area (Å²) in [6, 6.07) is 12.2. The molecule has 114 valence electrons. The lowest BCUT2D eigenvalue weighted by molar-refractivity contribution is 0.0948. The molecule has 1 aromatic carbocycles. The van der Waals surface area contributed by atoms with E-state index in [9.17, 15) is 9.59 Å². The molecular weight excluding hydrogens is 278 g/mol. The number of amides is 2. The second-order valence-corrected chi connectivity index (χ2v) is 4.86. The van der Waals surface area contributed by atoms with Crippen molar-refractivity contribution >= 4 is 17.5 Å². The first-order valence-electron chi connectivity index (χ1n) is 7.31. The smallest absolute Gasteiger partial charge is 0.269 e. The molecular formula is C17H19N3O2. The maximum atomic E-state index is 12.2. The molecule has 0 aliphatic carbocycles. The molecule has 0 bridgehead atoms. The van der Waals surface area contributed by atoms with Crippen molar-refractivity contribution in [3.8, 4) is 0 Å². The summed E-state index contributed by atoms with van der Waals surface area (Å²) in [4.78, 5) is 28.1. The second kappa shape index (κ2) is 7.93. The first-order chi connectivity index (χ1) is 10.7. The van der Waals surface area contributed by atoms with Gasteiger partial charge >= 0.3 is 0 Å². The van der Waals surface area contributed by atoms with Crippen LogP contribution in [0.25, 0.3) is 0 Å². The summed E-state index contributed by atoms with van der Waals surface area (Å²) in [5.41, 5.74) is 1.36. The highest BCUT2D eigenvalue weighted by Crippen LogP contribution is 2.09. The average molecular weight is 297 g/mol. The maximum absolute atomic E-state index is 12.2. The van der Waals surface area contributed by atoms with Crippen LogP contribution in [0.4, 0.5) is 5.69 Å². The molecule has 5 nitrogen and oxygen atoms in total. The molecule has 0 aliphatic rings. The summed E-state index contributed by atoms with van der Waals surface area (Å²) in [6.45, 7) is 2.66. The summed E-state index contributed by atoms with van der Waals surface area (Å²) in [5, 5.41) is 5.56. The molecule has 0 unspecified atom stereocenters. The topological polar surface area (TPSA) is 71.1 Å². The number of carbonyl (C=O) groups excluding carboxylic acids is 2. The Kier molecular flexibility index (Phi) is 5.65. The van der Waals surface area contributed by atoms with Gasteiger partial charge in [-0.05, 0) is 30.7 Å². The molecule has 2 N–H and O–H groups in total. The third-order valence-corrected chi connectivity index (χ3v) is 3.10. The Morgan fingerprint density at radius 3 is 2.59 bits per heavy atom. The molecule has 0 radical (unpaired) electrons. The molecule has 0 saturated carbocycles. The fourth-order valence-corrected chi connectivity index (χ4v) is 1.89. The Bertz CT molecular complexity index is 641. The number of hydrogen-bond donors (Lipinski definition) is 2. The van der Waals surface area contributed by atoms with Crippen LogP contribution in [0.3, 0.4) is 0 Å². The molecule has 0 saturated heterocycles. The maximum Gasteiger partial charge on any atom is 0.269 e. The summed E-state index contributed by atoms with van der Waals surface area (Å²) in [7, 11) is 0. The largest absolute Gasteiger partial charge is 0.351 e. The highest BCUT2D eigenvalue weighted by molar-refractivity contribution is 6.05. The minimum Gasteiger partial charge on any atom is -0.351 e. The lowest BCUT2D eigenvalue weighted by Gasteiger charge is -2.07. The van der Waals surface area contributed by atoms with E-state index in [2.05, 4.69) is 22.5 Å². The number of carbonyl (C=O) groups is 2. The molecule has 2 aromatic rings. The van der Waals surface area contributed by atoms with Gasteiger partial charge in [-0.15, -0.1) is 0 Å². The summed E-state index contributed by atoms with van der Waals surface area (Å²) in [5.74, 6) is -0.529. The van der Waals surface area contributed by atoms with Gasteiger partial charge in [0.2, 0.25) is 0 Å². The van der Waals surface area contributed by atoms with Crippen LogP contribution in [0, 0.1) is 0 Å². The van der Waals surface area contributed by atoms with E-state index in [0.717, 1.165) is 12.8 Å². The minimum atomic E-state index is -0.267. The van der Waals surface area contributed by atoms with Gasteiger partial charge in [-0.2, -0.15) is 0 Å². The Balaban J connectivity index is 2.04. The van der Waals surface area contributed by atoms with Gasteiger partial charge in [0.25, 0.3) is 11.8 Å². The van der Waals surface area contributed by atoms with E-state index >= 15 is 0 Å². The van der Waals surface area contributed by atoms with Crippen molar-refractivity contribution in [2.24, 2.45) is 0 Å². The van der Waals surface area contributed by atoms with Crippen molar-refractivity contribution < 1.29 is 9.59 Å². The zero-order valence-electron chi connectivity index (χ0n) is 12.5. The molecule has 22 heavy (non-hydrogen) atoms. The first kappa shape index (κ1) is 15.7. The van der Waals surface area contributed by atoms with Gasteiger partial charge in [-0.1, -0.05) is 31.5 Å². The summed E-state index contributed by atoms with van der Waals surface area (Å²) >= 11 is 0. The fraction of sp³-hybridized carbons (Fsp3) is 0.235. The van der Waals surface area contributed by atoms with Crippen molar-refractivity contribution in [3.63, 3.8) is 0 Å². The molecule has 0 aliphatic heterocycles. The fourth-order valence-electron chi connectivity index (χ4n) is 1.89. The van der Waals surface area contributed by atoms with Crippen molar-refractivity contribution in [3.05, 3.63) is 59.9 Å². The second-order valence-electron chi connectivity index (χ2n) is 4.86. The van der Waals surface area contributed by atoms with Crippen LogP contribution >= 0.6 is 0 Å². The SMILES string of the molecule is CCCCNC(=O)c1cc(C(=O)Nc2ccccc2)ccn1. The van der Waals surface area contributed by atoms with Gasteiger partial charge < -0.3 is 10.6 Å². The number of pyridine rings is 1. The van der Waals surface area contributed by atoms with Crippen molar-refractivity contribution in [1.82, 2.24) is 10.3 Å². The summed E-state index contributed by atoms with van der Waals surface area (Å²) in [6.07, 6.45) is 3.39. The van der Waals surface area contributed by atoms with Gasteiger partial charge in [0.05, 0.1) is 0 Å². The van der Waals surface area contributed by atoms with E-state index in [1.165, 1.54) is 12.3 Å². The lowest BCUT2D eigenvalue weighted by atomic mass is 10.2. The predicted octanol–water partition coefficient (Wildman–Crippen LogP) is 2.86. The lowest BCUT2D eigenvalue weighted by Crippen LogP contribution is -2.25. The number of nitrogens with zero attached hydrogens (tertiary/aromatic N) is 1. The van der Waals surface area contributed by atoms with E-state index < -0.39 is 0 Å². The highest BCUT2D eigenvalue weighted by Gasteiger charge is 2.11. The molecule has 1 aromatic heterocycles. The van der Waals surface area contributed by atoms with Crippen molar-refractivity contribution in [2.45, 2.75) is 19.8 Å². The third-order valence-electron chi connectivity index (χ3n) is 3.10. The molecule has 0 fully saturated rings. The van der Waals surface area contributed by atoms with E-state index in [1.54, 1.807) is 18.2 Å². The van der Waals surface area contributed by atoms with Crippen LogP contribution in [0.1, 0.15) is 40.6 Å². The Labute approximate surface area is 129 Å². The van der Waals surface area contributed by atoms with Gasteiger partial charge in [0.1, 0.15) is 5.69 Å². The van der Waals surface area contributed by atoms with Gasteiger partial charge in [0.15, 0.2) is 0 Å². The molecule has 2 amide bonds. The highest BCUT2D eigenvalue weighted by atomic mass is 16.2. The van der Waals surface area contributed by atoms with Gasteiger partial charge in [-0.3, -0.25) is 14.6 Å². The molecule has 5 heteroatoms. The van der Waals surface area contributed by atoms with Crippen LogP contribution < -0.4 is 10.6 Å². The van der Waals surface area contributed by atoms with Crippen molar-refractivity contribution in [2.75, 3.05) is 11.9 Å². The molecule has 2 rings (SSSR count). The number of rotatable bonds is 6. The van der Waals surface area contributed by atoms with E-state index in [4.69, 9.17) is 0 Å². The van der Waals surface area contributed by atoms with Crippen LogP contribution in [-0.2, 0) is 0 Å². The standard InChI is InChI=1S/C17H19N3O2/c1-2-3-10-19-17(22)15-12-13(9-11-18-15)16(21)20-14-7-5-4-6-8-14/h4-9,11-12H,2-3,10H2,1H3,(H,19,22)(H,20,21). The third kappa shape index (κ3) is 4.41. The Morgan fingerprint density at radius 2 is 1.86 bits per heavy atom. The number of unbranched alkanes of at least 4 members (excludes halogenated alkanes) is 1. The average Bonchev–Trinajstić information content (AvgIpc) is 2.56. The van der Waals surface area contributed by atoms with Crippen LogP contribution in [-0.4, -0.2) is 23.3 Å². The molecule has 0 spiro atoms. The number of para-hydroxylation sites is 1.